The Hall–Kier alpha value is -3.12. The first-order chi connectivity index (χ1) is 14.8. The lowest BCUT2D eigenvalue weighted by Crippen LogP contribution is -1.99. The van der Waals surface area contributed by atoms with Gasteiger partial charge in [0.2, 0.25) is 0 Å². The van der Waals surface area contributed by atoms with Gasteiger partial charge in [-0.3, -0.25) is 0 Å². The summed E-state index contributed by atoms with van der Waals surface area (Å²) in [6.07, 6.45) is 5.77. The Kier molecular flexibility index (Phi) is 4.13. The van der Waals surface area contributed by atoms with Crippen molar-refractivity contribution in [1.82, 2.24) is 0 Å². The summed E-state index contributed by atoms with van der Waals surface area (Å²) in [7, 11) is 0. The first-order valence-electron chi connectivity index (χ1n) is 11.3. The van der Waals surface area contributed by atoms with Crippen LogP contribution in [0.25, 0.3) is 33.4 Å². The van der Waals surface area contributed by atoms with Gasteiger partial charge in [0, 0.05) is 0 Å². The van der Waals surface area contributed by atoms with E-state index in [2.05, 4.69) is 85.8 Å². The van der Waals surface area contributed by atoms with Crippen LogP contribution < -0.4 is 0 Å². The minimum Gasteiger partial charge on any atom is -0.0654 e. The van der Waals surface area contributed by atoms with Gasteiger partial charge in [-0.2, -0.15) is 0 Å². The summed E-state index contributed by atoms with van der Waals surface area (Å²) in [4.78, 5) is 0. The summed E-state index contributed by atoms with van der Waals surface area (Å²) in [6, 6.07) is 29.6. The Balaban J connectivity index is 1.54. The molecule has 2 aliphatic rings. The van der Waals surface area contributed by atoms with Crippen molar-refractivity contribution < 1.29 is 0 Å². The van der Waals surface area contributed by atoms with Crippen molar-refractivity contribution in [2.45, 2.75) is 39.0 Å². The zero-order chi connectivity index (χ0) is 20.1. The molecule has 0 atom stereocenters. The van der Waals surface area contributed by atoms with Crippen LogP contribution in [0, 0.1) is 0 Å². The molecule has 0 radical (unpaired) electrons. The highest BCUT2D eigenvalue weighted by atomic mass is 14.3. The normalized spacial score (nSPS) is 13.0. The molecule has 0 aromatic heterocycles. The first-order valence-corrected chi connectivity index (χ1v) is 11.3. The summed E-state index contributed by atoms with van der Waals surface area (Å²) in [5.74, 6) is 0. The summed E-state index contributed by atoms with van der Waals surface area (Å²) >= 11 is 0. The van der Waals surface area contributed by atoms with E-state index in [1.54, 1.807) is 11.1 Å². The van der Waals surface area contributed by atoms with Crippen LogP contribution in [0.5, 0.6) is 0 Å². The van der Waals surface area contributed by atoms with E-state index in [0.717, 1.165) is 12.8 Å². The Morgan fingerprint density at radius 2 is 1.07 bits per heavy atom. The van der Waals surface area contributed by atoms with Crippen LogP contribution in [0.15, 0.2) is 78.9 Å². The largest absolute Gasteiger partial charge is 0.0654 e. The fraction of sp³-hybridized carbons (Fsp3) is 0.200. The lowest BCUT2D eigenvalue weighted by Gasteiger charge is -2.18. The van der Waals surface area contributed by atoms with Gasteiger partial charge >= 0.3 is 0 Å². The fourth-order valence-electron chi connectivity index (χ4n) is 5.58. The van der Waals surface area contributed by atoms with Crippen molar-refractivity contribution in [2.75, 3.05) is 0 Å². The third-order valence-corrected chi connectivity index (χ3v) is 7.03. The van der Waals surface area contributed by atoms with Crippen molar-refractivity contribution >= 4 is 0 Å². The molecule has 0 unspecified atom stereocenters. The van der Waals surface area contributed by atoms with Crippen LogP contribution in [0.4, 0.5) is 0 Å². The number of hydrogen-bond acceptors (Lipinski definition) is 0. The lowest BCUT2D eigenvalue weighted by atomic mass is 9.86. The minimum absolute atomic E-state index is 1.05. The average molecular weight is 387 g/mol. The smallest absolute Gasteiger partial charge is 0.000728 e. The summed E-state index contributed by atoms with van der Waals surface area (Å²) < 4.78 is 0. The zero-order valence-corrected chi connectivity index (χ0v) is 17.5. The fourth-order valence-corrected chi connectivity index (χ4v) is 5.58. The lowest BCUT2D eigenvalue weighted by molar-refractivity contribution is 0.791. The Labute approximate surface area is 179 Å². The van der Waals surface area contributed by atoms with Gasteiger partial charge in [0.05, 0.1) is 0 Å². The molecule has 0 aliphatic heterocycles. The molecule has 0 fully saturated rings. The monoisotopic (exact) mass is 386 g/mol. The van der Waals surface area contributed by atoms with Gasteiger partial charge in [0.25, 0.3) is 0 Å². The van der Waals surface area contributed by atoms with Crippen LogP contribution in [0.1, 0.15) is 47.6 Å². The molecule has 30 heavy (non-hydrogen) atoms. The van der Waals surface area contributed by atoms with Gasteiger partial charge < -0.3 is 0 Å². The standard InChI is InChI=1S/C30H26/c1-2-3-11-25-28(17-16-27-23-13-7-5-10-21(23)19-30(25)27)26-15-8-14-24-22-12-6-4-9-20(22)18-29(24)26/h4-10,12-17H,2-3,11,18-19H2,1H3. The molecule has 0 saturated heterocycles. The molecule has 0 amide bonds. The predicted molar refractivity (Wildman–Crippen MR) is 127 cm³/mol. The van der Waals surface area contributed by atoms with Crippen LogP contribution in [-0.2, 0) is 19.3 Å². The molecular formula is C30H26. The summed E-state index contributed by atoms with van der Waals surface area (Å²) in [5.41, 5.74) is 16.2. The second-order valence-corrected chi connectivity index (χ2v) is 8.72. The molecule has 0 bridgehead atoms. The highest BCUT2D eigenvalue weighted by Crippen LogP contribution is 2.46. The van der Waals surface area contributed by atoms with E-state index in [9.17, 15) is 0 Å². The van der Waals surface area contributed by atoms with Gasteiger partial charge in [0.15, 0.2) is 0 Å². The van der Waals surface area contributed by atoms with Crippen LogP contribution in [0.2, 0.25) is 0 Å². The van der Waals surface area contributed by atoms with Crippen molar-refractivity contribution in [1.29, 1.82) is 0 Å². The highest BCUT2D eigenvalue weighted by Gasteiger charge is 2.26. The van der Waals surface area contributed by atoms with Crippen LogP contribution in [-0.4, -0.2) is 0 Å². The van der Waals surface area contributed by atoms with E-state index in [4.69, 9.17) is 0 Å². The first kappa shape index (κ1) is 17.7. The maximum atomic E-state index is 2.41. The maximum absolute atomic E-state index is 2.41. The van der Waals surface area contributed by atoms with Crippen LogP contribution >= 0.6 is 0 Å². The van der Waals surface area contributed by atoms with E-state index < -0.39 is 0 Å². The zero-order valence-electron chi connectivity index (χ0n) is 17.5. The average Bonchev–Trinajstić information content (AvgIpc) is 3.36. The maximum Gasteiger partial charge on any atom is -0.000728 e. The molecule has 146 valence electrons. The third-order valence-electron chi connectivity index (χ3n) is 7.03. The molecule has 0 spiro atoms. The molecular weight excluding hydrogens is 360 g/mol. The molecule has 0 N–H and O–H groups in total. The van der Waals surface area contributed by atoms with E-state index >= 15 is 0 Å². The van der Waals surface area contributed by atoms with E-state index in [0.29, 0.717) is 0 Å². The van der Waals surface area contributed by atoms with Gasteiger partial charge in [-0.1, -0.05) is 92.2 Å². The van der Waals surface area contributed by atoms with E-state index in [-0.39, 0.29) is 0 Å². The van der Waals surface area contributed by atoms with Gasteiger partial charge in [-0.05, 0) is 86.9 Å². The minimum atomic E-state index is 1.05. The number of hydrogen-bond donors (Lipinski definition) is 0. The number of unbranched alkanes of at least 4 members (excludes halogenated alkanes) is 1. The molecule has 4 aromatic carbocycles. The quantitative estimate of drug-likeness (QED) is 0.289. The van der Waals surface area contributed by atoms with Crippen molar-refractivity contribution in [3.63, 3.8) is 0 Å². The number of benzene rings is 4. The second-order valence-electron chi connectivity index (χ2n) is 8.72. The molecule has 0 heterocycles. The molecule has 6 rings (SSSR count). The SMILES string of the molecule is CCCCc1c(-c2cccc3c2Cc2ccccc2-3)ccc2c1Cc1ccccc1-2. The Bertz CT molecular complexity index is 1280. The summed E-state index contributed by atoms with van der Waals surface area (Å²) in [5, 5.41) is 0. The molecule has 2 aliphatic carbocycles. The molecule has 0 nitrogen and oxygen atoms in total. The summed E-state index contributed by atoms with van der Waals surface area (Å²) in [6.45, 7) is 2.30. The van der Waals surface area contributed by atoms with Crippen molar-refractivity contribution in [3.8, 4) is 33.4 Å². The number of rotatable bonds is 4. The molecule has 0 saturated carbocycles. The highest BCUT2D eigenvalue weighted by molar-refractivity contribution is 5.88. The Morgan fingerprint density at radius 3 is 1.77 bits per heavy atom. The molecule has 4 aromatic rings. The topological polar surface area (TPSA) is 0 Å². The third kappa shape index (κ3) is 2.60. The van der Waals surface area contributed by atoms with Gasteiger partial charge in [-0.15, -0.1) is 0 Å². The second kappa shape index (κ2) is 6.99. The van der Waals surface area contributed by atoms with Crippen molar-refractivity contribution in [2.24, 2.45) is 0 Å². The molecule has 0 heteroatoms. The van der Waals surface area contributed by atoms with E-state index in [1.165, 1.54) is 69.3 Å². The van der Waals surface area contributed by atoms with Gasteiger partial charge in [0.1, 0.15) is 0 Å². The Morgan fingerprint density at radius 1 is 0.533 bits per heavy atom. The van der Waals surface area contributed by atoms with Crippen molar-refractivity contribution in [3.05, 3.63) is 107 Å². The predicted octanol–water partition coefficient (Wildman–Crippen LogP) is 7.84. The van der Waals surface area contributed by atoms with E-state index in [1.807, 2.05) is 0 Å². The van der Waals surface area contributed by atoms with Crippen LogP contribution in [0.3, 0.4) is 0 Å². The van der Waals surface area contributed by atoms with Gasteiger partial charge in [-0.25, -0.2) is 0 Å². The number of fused-ring (bicyclic) bond motifs is 6.